The van der Waals surface area contributed by atoms with Crippen molar-refractivity contribution in [3.8, 4) is 0 Å². The second kappa shape index (κ2) is 2.47. The standard InChI is InChI=1S/C7H14BNO2/c1-10-4-7-2-5(9-3-7)6(8)11-7/h5-6,9H,2-4,8H2,1H3/t5-,6-,7+/m1/s1. The summed E-state index contributed by atoms with van der Waals surface area (Å²) >= 11 is 0. The van der Waals surface area contributed by atoms with Crippen LogP contribution in [0.15, 0.2) is 0 Å². The second-order valence-corrected chi connectivity index (χ2v) is 3.63. The number of methoxy groups -OCH3 is 1. The highest BCUT2D eigenvalue weighted by atomic mass is 16.6. The van der Waals surface area contributed by atoms with Gasteiger partial charge in [0, 0.05) is 25.7 Å². The zero-order valence-corrected chi connectivity index (χ0v) is 7.09. The lowest BCUT2D eigenvalue weighted by atomic mass is 9.93. The molecule has 0 aromatic carbocycles. The molecule has 2 fully saturated rings. The molecule has 1 N–H and O–H groups in total. The summed E-state index contributed by atoms with van der Waals surface area (Å²) in [6, 6.07) is 0.920. The molecule has 2 aliphatic heterocycles. The maximum Gasteiger partial charge on any atom is 0.141 e. The first kappa shape index (κ1) is 7.59. The number of fused-ring (bicyclic) bond motifs is 2. The molecule has 3 atom stereocenters. The van der Waals surface area contributed by atoms with Crippen LogP contribution in [0.3, 0.4) is 0 Å². The van der Waals surface area contributed by atoms with Crippen molar-refractivity contribution >= 4 is 7.85 Å². The highest BCUT2D eigenvalue weighted by Crippen LogP contribution is 2.34. The van der Waals surface area contributed by atoms with E-state index < -0.39 is 0 Å². The van der Waals surface area contributed by atoms with Crippen molar-refractivity contribution in [2.75, 3.05) is 20.3 Å². The Morgan fingerprint density at radius 1 is 1.82 bits per heavy atom. The number of morpholine rings is 1. The smallest absolute Gasteiger partial charge is 0.141 e. The van der Waals surface area contributed by atoms with Crippen LogP contribution in [-0.4, -0.2) is 45.8 Å². The summed E-state index contributed by atoms with van der Waals surface area (Å²) in [4.78, 5) is 0. The molecule has 0 amide bonds. The molecular formula is C7H14BNO2. The average molecular weight is 155 g/mol. The molecule has 0 radical (unpaired) electrons. The molecule has 0 aliphatic carbocycles. The third kappa shape index (κ3) is 1.09. The van der Waals surface area contributed by atoms with Crippen LogP contribution in [-0.2, 0) is 9.47 Å². The quantitative estimate of drug-likeness (QED) is 0.504. The number of hydrogen-bond acceptors (Lipinski definition) is 3. The Kier molecular flexibility index (Phi) is 1.70. The minimum Gasteiger partial charge on any atom is -0.382 e. The van der Waals surface area contributed by atoms with Gasteiger partial charge in [-0.05, 0) is 6.42 Å². The van der Waals surface area contributed by atoms with Gasteiger partial charge in [0.05, 0.1) is 6.61 Å². The van der Waals surface area contributed by atoms with Crippen molar-refractivity contribution in [2.45, 2.75) is 24.1 Å². The van der Waals surface area contributed by atoms with Crippen molar-refractivity contribution in [1.29, 1.82) is 0 Å². The van der Waals surface area contributed by atoms with E-state index in [-0.39, 0.29) is 5.60 Å². The van der Waals surface area contributed by atoms with Crippen LogP contribution in [0.5, 0.6) is 0 Å². The van der Waals surface area contributed by atoms with Crippen molar-refractivity contribution in [3.63, 3.8) is 0 Å². The molecule has 2 saturated heterocycles. The highest BCUT2D eigenvalue weighted by Gasteiger charge is 2.49. The van der Waals surface area contributed by atoms with E-state index in [9.17, 15) is 0 Å². The summed E-state index contributed by atoms with van der Waals surface area (Å²) < 4.78 is 10.9. The minimum atomic E-state index is -0.00116. The van der Waals surface area contributed by atoms with Gasteiger partial charge in [0.2, 0.25) is 0 Å². The van der Waals surface area contributed by atoms with Gasteiger partial charge in [-0.25, -0.2) is 0 Å². The predicted octanol–water partition coefficient (Wildman–Crippen LogP) is -1.28. The molecular weight excluding hydrogens is 141 g/mol. The summed E-state index contributed by atoms with van der Waals surface area (Å²) in [6.45, 7) is 1.68. The molecule has 62 valence electrons. The van der Waals surface area contributed by atoms with Crippen LogP contribution in [0.4, 0.5) is 0 Å². The number of nitrogens with one attached hydrogen (secondary N) is 1. The Hall–Kier alpha value is -0.0551. The van der Waals surface area contributed by atoms with Gasteiger partial charge in [-0.3, -0.25) is 0 Å². The zero-order valence-electron chi connectivity index (χ0n) is 7.09. The molecule has 2 bridgehead atoms. The largest absolute Gasteiger partial charge is 0.382 e. The Labute approximate surface area is 67.8 Å². The van der Waals surface area contributed by atoms with Gasteiger partial charge in [0.15, 0.2) is 0 Å². The molecule has 0 unspecified atom stereocenters. The Morgan fingerprint density at radius 3 is 3.09 bits per heavy atom. The van der Waals surface area contributed by atoms with E-state index in [1.165, 1.54) is 0 Å². The fourth-order valence-corrected chi connectivity index (χ4v) is 2.17. The van der Waals surface area contributed by atoms with E-state index in [4.69, 9.17) is 9.47 Å². The molecule has 0 spiro atoms. The van der Waals surface area contributed by atoms with E-state index in [1.807, 2.05) is 0 Å². The summed E-state index contributed by atoms with van der Waals surface area (Å²) in [5, 5.41) is 3.43. The zero-order chi connectivity index (χ0) is 7.90. The van der Waals surface area contributed by atoms with Crippen molar-refractivity contribution in [2.24, 2.45) is 0 Å². The van der Waals surface area contributed by atoms with Crippen LogP contribution in [0.2, 0.25) is 0 Å². The maximum atomic E-state index is 5.80. The topological polar surface area (TPSA) is 30.5 Å². The lowest BCUT2D eigenvalue weighted by molar-refractivity contribution is -0.0686. The van der Waals surface area contributed by atoms with Gasteiger partial charge < -0.3 is 14.8 Å². The first-order chi connectivity index (χ1) is 5.26. The monoisotopic (exact) mass is 155 g/mol. The molecule has 0 aromatic heterocycles. The normalized spacial score (nSPS) is 48.5. The first-order valence-electron chi connectivity index (χ1n) is 4.16. The Bertz CT molecular complexity index is 163. The number of hydrogen-bond donors (Lipinski definition) is 1. The predicted molar refractivity (Wildman–Crippen MR) is 44.4 cm³/mol. The third-order valence-corrected chi connectivity index (χ3v) is 2.69. The molecule has 2 rings (SSSR count). The van der Waals surface area contributed by atoms with Gasteiger partial charge >= 0.3 is 0 Å². The van der Waals surface area contributed by atoms with E-state index in [1.54, 1.807) is 7.11 Å². The van der Waals surface area contributed by atoms with Crippen molar-refractivity contribution in [1.82, 2.24) is 5.32 Å². The SMILES string of the molecule is B[C@@H]1O[C@]2(COC)CN[C@@H]1C2. The molecule has 11 heavy (non-hydrogen) atoms. The molecule has 0 aromatic rings. The van der Waals surface area contributed by atoms with Crippen LogP contribution in [0.25, 0.3) is 0 Å². The summed E-state index contributed by atoms with van der Waals surface area (Å²) in [6.07, 6.45) is 1.11. The highest BCUT2D eigenvalue weighted by molar-refractivity contribution is 6.11. The van der Waals surface area contributed by atoms with Gasteiger partial charge in [-0.1, -0.05) is 0 Å². The molecule has 2 aliphatic rings. The number of ether oxygens (including phenoxy) is 2. The lowest BCUT2D eigenvalue weighted by Gasteiger charge is -2.29. The van der Waals surface area contributed by atoms with Gasteiger partial charge in [-0.2, -0.15) is 0 Å². The summed E-state index contributed by atoms with van der Waals surface area (Å²) in [5.74, 6) is 0. The van der Waals surface area contributed by atoms with E-state index >= 15 is 0 Å². The third-order valence-electron chi connectivity index (χ3n) is 2.69. The average Bonchev–Trinajstić information content (AvgIpc) is 2.44. The lowest BCUT2D eigenvalue weighted by Crippen LogP contribution is -2.47. The first-order valence-corrected chi connectivity index (χ1v) is 4.16. The van der Waals surface area contributed by atoms with E-state index in [0.29, 0.717) is 12.0 Å². The molecule has 3 nitrogen and oxygen atoms in total. The molecule has 4 heteroatoms. The maximum absolute atomic E-state index is 5.80. The second-order valence-electron chi connectivity index (χ2n) is 3.63. The van der Waals surface area contributed by atoms with Crippen molar-refractivity contribution in [3.05, 3.63) is 0 Å². The van der Waals surface area contributed by atoms with Gasteiger partial charge in [0.1, 0.15) is 13.4 Å². The molecule has 2 heterocycles. The Balaban J connectivity index is 2.05. The van der Waals surface area contributed by atoms with Gasteiger partial charge in [0.25, 0.3) is 0 Å². The van der Waals surface area contributed by atoms with Crippen LogP contribution >= 0.6 is 0 Å². The van der Waals surface area contributed by atoms with E-state index in [0.717, 1.165) is 19.6 Å². The Morgan fingerprint density at radius 2 is 2.64 bits per heavy atom. The van der Waals surface area contributed by atoms with Crippen LogP contribution < -0.4 is 5.32 Å². The van der Waals surface area contributed by atoms with Crippen LogP contribution in [0, 0.1) is 0 Å². The van der Waals surface area contributed by atoms with E-state index in [2.05, 4.69) is 13.2 Å². The fraction of sp³-hybridized carbons (Fsp3) is 1.00. The summed E-state index contributed by atoms with van der Waals surface area (Å²) in [5.41, 5.74) is -0.00116. The van der Waals surface area contributed by atoms with Crippen molar-refractivity contribution < 1.29 is 9.47 Å². The van der Waals surface area contributed by atoms with Crippen LogP contribution in [0.1, 0.15) is 6.42 Å². The summed E-state index contributed by atoms with van der Waals surface area (Å²) in [7, 11) is 3.85. The number of rotatable bonds is 2. The minimum absolute atomic E-state index is 0.00116. The fourth-order valence-electron chi connectivity index (χ4n) is 2.17. The van der Waals surface area contributed by atoms with Gasteiger partial charge in [-0.15, -0.1) is 0 Å². The molecule has 0 saturated carbocycles.